The first-order chi connectivity index (χ1) is 19.2. The van der Waals surface area contributed by atoms with Gasteiger partial charge in [0.15, 0.2) is 4.80 Å². The number of benzene rings is 2. The molecule has 3 heterocycles. The molecule has 5 rings (SSSR count). The van der Waals surface area contributed by atoms with Crippen LogP contribution in [0, 0.1) is 0 Å². The van der Waals surface area contributed by atoms with Gasteiger partial charge in [0.25, 0.3) is 5.56 Å². The normalized spacial score (nSPS) is 15.0. The number of furan rings is 1. The van der Waals surface area contributed by atoms with Crippen LogP contribution in [0.15, 0.2) is 80.1 Å². The Hall–Kier alpha value is -3.92. The van der Waals surface area contributed by atoms with Gasteiger partial charge in [-0.15, -0.1) is 0 Å². The Morgan fingerprint density at radius 2 is 1.88 bits per heavy atom. The summed E-state index contributed by atoms with van der Waals surface area (Å²) in [6.45, 7) is 3.59. The summed E-state index contributed by atoms with van der Waals surface area (Å²) in [5.74, 6) is -0.251. The summed E-state index contributed by atoms with van der Waals surface area (Å²) >= 11 is 13.8. The lowest BCUT2D eigenvalue weighted by atomic mass is 9.96. The number of hydrogen-bond acceptors (Lipinski definition) is 8. The monoisotopic (exact) mass is 596 g/mol. The Morgan fingerprint density at radius 1 is 1.10 bits per heavy atom. The molecule has 1 atom stereocenters. The van der Waals surface area contributed by atoms with E-state index >= 15 is 0 Å². The van der Waals surface area contributed by atoms with Crippen molar-refractivity contribution in [2.75, 3.05) is 13.7 Å². The highest BCUT2D eigenvalue weighted by molar-refractivity contribution is 7.07. The van der Waals surface area contributed by atoms with Gasteiger partial charge < -0.3 is 13.9 Å². The van der Waals surface area contributed by atoms with E-state index in [-0.39, 0.29) is 28.3 Å². The molecule has 0 amide bonds. The van der Waals surface area contributed by atoms with E-state index in [0.29, 0.717) is 42.7 Å². The molecule has 2 aromatic carbocycles. The van der Waals surface area contributed by atoms with Gasteiger partial charge in [-0.3, -0.25) is 9.36 Å². The van der Waals surface area contributed by atoms with Crippen LogP contribution in [0.25, 0.3) is 17.4 Å². The standard InChI is InChI=1S/C29H22Cl2N2O6S/c1-4-38-28(36)24-15(2)32-29-33(25(24)18-7-5-6-8-20(18)30)26(34)23(40-29)14-17-10-12-22(39-17)16-9-11-21(31)19(13-16)27(35)37-3/h5-14,25H,4H2,1-3H3/b23-14+. The van der Waals surface area contributed by atoms with E-state index < -0.39 is 18.0 Å². The van der Waals surface area contributed by atoms with Crippen LogP contribution in [0.3, 0.4) is 0 Å². The predicted octanol–water partition coefficient (Wildman–Crippen LogP) is 5.15. The second-order valence-corrected chi connectivity index (χ2v) is 10.5. The maximum atomic E-state index is 13.8. The van der Waals surface area contributed by atoms with Crippen molar-refractivity contribution in [2.45, 2.75) is 19.9 Å². The summed E-state index contributed by atoms with van der Waals surface area (Å²) in [6, 6.07) is 14.5. The van der Waals surface area contributed by atoms with Crippen LogP contribution in [0.4, 0.5) is 0 Å². The number of carbonyl (C=O) groups excluding carboxylic acids is 2. The first kappa shape index (κ1) is 27.6. The third-order valence-corrected chi connectivity index (χ3v) is 7.93. The van der Waals surface area contributed by atoms with Gasteiger partial charge in [0.1, 0.15) is 17.6 Å². The zero-order valence-electron chi connectivity index (χ0n) is 21.6. The molecule has 0 fully saturated rings. The van der Waals surface area contributed by atoms with Gasteiger partial charge in [-0.25, -0.2) is 14.6 Å². The number of allylic oxidation sites excluding steroid dienone is 1. The number of methoxy groups -OCH3 is 1. The molecule has 1 aliphatic heterocycles. The number of nitrogens with zero attached hydrogens (tertiary/aromatic N) is 2. The molecule has 1 unspecified atom stereocenters. The highest BCUT2D eigenvalue weighted by Gasteiger charge is 2.34. The number of hydrogen-bond donors (Lipinski definition) is 0. The van der Waals surface area contributed by atoms with Crippen molar-refractivity contribution < 1.29 is 23.5 Å². The smallest absolute Gasteiger partial charge is 0.339 e. The molecule has 40 heavy (non-hydrogen) atoms. The van der Waals surface area contributed by atoms with Gasteiger partial charge in [-0.05, 0) is 55.8 Å². The molecule has 0 saturated carbocycles. The molecule has 0 spiro atoms. The van der Waals surface area contributed by atoms with Crippen molar-refractivity contribution in [2.24, 2.45) is 4.99 Å². The number of carbonyl (C=O) groups is 2. The van der Waals surface area contributed by atoms with E-state index in [2.05, 4.69) is 4.99 Å². The maximum absolute atomic E-state index is 13.8. The van der Waals surface area contributed by atoms with Crippen molar-refractivity contribution in [3.63, 3.8) is 0 Å². The van der Waals surface area contributed by atoms with E-state index in [9.17, 15) is 14.4 Å². The second-order valence-electron chi connectivity index (χ2n) is 8.71. The lowest BCUT2D eigenvalue weighted by molar-refractivity contribution is -0.139. The van der Waals surface area contributed by atoms with Gasteiger partial charge in [-0.1, -0.05) is 52.7 Å². The summed E-state index contributed by atoms with van der Waals surface area (Å²) < 4.78 is 17.9. The number of aromatic nitrogens is 1. The predicted molar refractivity (Wildman–Crippen MR) is 152 cm³/mol. The maximum Gasteiger partial charge on any atom is 0.339 e. The molecular weight excluding hydrogens is 575 g/mol. The molecule has 4 aromatic rings. The van der Waals surface area contributed by atoms with Crippen LogP contribution in [-0.2, 0) is 14.3 Å². The minimum Gasteiger partial charge on any atom is -0.465 e. The molecular formula is C29H22Cl2N2O6S. The molecule has 0 radical (unpaired) electrons. The fraction of sp³-hybridized carbons (Fsp3) is 0.172. The van der Waals surface area contributed by atoms with Crippen molar-refractivity contribution >= 4 is 52.6 Å². The average molecular weight is 597 g/mol. The van der Waals surface area contributed by atoms with Crippen molar-refractivity contribution in [3.05, 3.63) is 112 Å². The lowest BCUT2D eigenvalue weighted by Crippen LogP contribution is -2.40. The second kappa shape index (κ2) is 11.3. The SMILES string of the molecule is CCOC(=O)C1=C(C)N=c2s/c(=C/c3ccc(-c4ccc(Cl)c(C(=O)OC)c4)o3)c(=O)n2C1c1ccccc1Cl. The average Bonchev–Trinajstić information content (AvgIpc) is 3.52. The molecule has 0 bridgehead atoms. The Morgan fingerprint density at radius 3 is 2.60 bits per heavy atom. The molecule has 1 aliphatic rings. The molecule has 0 saturated heterocycles. The zero-order valence-corrected chi connectivity index (χ0v) is 23.9. The molecule has 8 nitrogen and oxygen atoms in total. The Labute approximate surface area is 242 Å². The summed E-state index contributed by atoms with van der Waals surface area (Å²) in [6.07, 6.45) is 1.61. The van der Waals surface area contributed by atoms with E-state index in [1.807, 2.05) is 0 Å². The van der Waals surface area contributed by atoms with Crippen LogP contribution in [0.2, 0.25) is 10.0 Å². The first-order valence-electron chi connectivity index (χ1n) is 12.2. The van der Waals surface area contributed by atoms with E-state index in [1.165, 1.54) is 23.0 Å². The molecule has 204 valence electrons. The zero-order chi connectivity index (χ0) is 28.6. The molecule has 2 aromatic heterocycles. The molecule has 11 heteroatoms. The third kappa shape index (κ3) is 5.03. The van der Waals surface area contributed by atoms with Crippen molar-refractivity contribution in [1.29, 1.82) is 0 Å². The van der Waals surface area contributed by atoms with Crippen LogP contribution in [0.5, 0.6) is 0 Å². The van der Waals surface area contributed by atoms with Crippen molar-refractivity contribution in [1.82, 2.24) is 4.57 Å². The number of esters is 2. The third-order valence-electron chi connectivity index (χ3n) is 6.27. The van der Waals surface area contributed by atoms with Gasteiger partial charge in [0.05, 0.1) is 40.1 Å². The highest BCUT2D eigenvalue weighted by Crippen LogP contribution is 2.34. The van der Waals surface area contributed by atoms with Gasteiger partial charge >= 0.3 is 11.9 Å². The minimum atomic E-state index is -0.816. The highest BCUT2D eigenvalue weighted by atomic mass is 35.5. The van der Waals surface area contributed by atoms with Crippen LogP contribution < -0.4 is 14.9 Å². The van der Waals surface area contributed by atoms with E-state index in [1.54, 1.807) is 74.5 Å². The van der Waals surface area contributed by atoms with E-state index in [0.717, 1.165) is 0 Å². The van der Waals surface area contributed by atoms with E-state index in [4.69, 9.17) is 37.1 Å². The Bertz CT molecular complexity index is 1870. The number of thiazole rings is 1. The van der Waals surface area contributed by atoms with Crippen molar-refractivity contribution in [3.8, 4) is 11.3 Å². The summed E-state index contributed by atoms with van der Waals surface area (Å²) in [7, 11) is 1.28. The summed E-state index contributed by atoms with van der Waals surface area (Å²) in [4.78, 5) is 43.8. The van der Waals surface area contributed by atoms with Gasteiger partial charge in [0, 0.05) is 16.7 Å². The number of halogens is 2. The van der Waals surface area contributed by atoms with Crippen LogP contribution in [0.1, 0.15) is 41.6 Å². The molecule has 0 N–H and O–H groups in total. The fourth-order valence-corrected chi connectivity index (χ4v) is 5.90. The largest absolute Gasteiger partial charge is 0.465 e. The number of ether oxygens (including phenoxy) is 2. The van der Waals surface area contributed by atoms with Crippen LogP contribution >= 0.6 is 34.5 Å². The fourth-order valence-electron chi connectivity index (χ4n) is 4.44. The lowest BCUT2D eigenvalue weighted by Gasteiger charge is -2.25. The van der Waals surface area contributed by atoms with Crippen LogP contribution in [-0.4, -0.2) is 30.2 Å². The molecule has 0 aliphatic carbocycles. The Balaban J connectivity index is 1.61. The minimum absolute atomic E-state index is 0.171. The summed E-state index contributed by atoms with van der Waals surface area (Å²) in [5.41, 5.74) is 1.73. The number of rotatable bonds is 6. The number of fused-ring (bicyclic) bond motifs is 1. The quantitative estimate of drug-likeness (QED) is 0.285. The summed E-state index contributed by atoms with van der Waals surface area (Å²) in [5, 5.41) is 0.664. The van der Waals surface area contributed by atoms with Gasteiger partial charge in [0.2, 0.25) is 0 Å². The first-order valence-corrected chi connectivity index (χ1v) is 13.7. The topological polar surface area (TPSA) is 100 Å². The van der Waals surface area contributed by atoms with Gasteiger partial charge in [-0.2, -0.15) is 0 Å². The Kier molecular flexibility index (Phi) is 7.80.